The third-order valence-electron chi connectivity index (χ3n) is 1.91. The number of fused-ring (bicyclic) bond motifs is 1. The molecule has 1 aliphatic rings. The van der Waals surface area contributed by atoms with Crippen LogP contribution in [0.15, 0.2) is 18.2 Å². The van der Waals surface area contributed by atoms with Crippen LogP contribution in [0.2, 0.25) is 0 Å². The smallest absolute Gasteiger partial charge is 0.0548 e. The van der Waals surface area contributed by atoms with E-state index >= 15 is 0 Å². The maximum Gasteiger partial charge on any atom is 0.0548 e. The average molecular weight is 152 g/mol. The van der Waals surface area contributed by atoms with Crippen LogP contribution in [0.25, 0.3) is 0 Å². The third kappa shape index (κ3) is 1.07. The van der Waals surface area contributed by atoms with Crippen LogP contribution in [0.5, 0.6) is 0 Å². The average Bonchev–Trinajstić information content (AvgIpc) is 2.27. The highest BCUT2D eigenvalue weighted by Gasteiger charge is 2.17. The van der Waals surface area contributed by atoms with E-state index in [2.05, 4.69) is 0 Å². The van der Waals surface area contributed by atoms with E-state index in [1.807, 2.05) is 12.1 Å². The summed E-state index contributed by atoms with van der Waals surface area (Å²) in [6.45, 7) is 0.774. The quantitative estimate of drug-likeness (QED) is 0.450. The maximum atomic E-state index is 12.6. The topological polar surface area (TPSA) is 29.3 Å². The Morgan fingerprint density at radius 2 is 2.00 bits per heavy atom. The molecule has 0 aliphatic carbocycles. The lowest BCUT2D eigenvalue weighted by Gasteiger charge is -1.96. The summed E-state index contributed by atoms with van der Waals surface area (Å²) in [6, 6.07) is 5.51. The van der Waals surface area contributed by atoms with E-state index in [-0.39, 0.29) is 0 Å². The summed E-state index contributed by atoms with van der Waals surface area (Å²) >= 11 is 0. The number of nitrogens with zero attached hydrogens (tertiary/aromatic N) is 1. The highest BCUT2D eigenvalue weighted by molar-refractivity contribution is 5.45. The molecule has 11 heavy (non-hydrogen) atoms. The van der Waals surface area contributed by atoms with E-state index < -0.39 is 0 Å². The molecule has 0 fully saturated rings. The Hall–Kier alpha value is -1.09. The van der Waals surface area contributed by atoms with Crippen molar-refractivity contribution in [3.63, 3.8) is 0 Å². The van der Waals surface area contributed by atoms with Crippen molar-refractivity contribution < 1.29 is 4.48 Å². The lowest BCUT2D eigenvalue weighted by Crippen LogP contribution is -2.00. The molecule has 2 rings (SSSR count). The summed E-state index contributed by atoms with van der Waals surface area (Å²) in [5, 5.41) is 0.782. The van der Waals surface area contributed by atoms with Crippen molar-refractivity contribution >= 4 is 5.69 Å². The number of hydrogen-bond acceptors (Lipinski definition) is 2. The maximum absolute atomic E-state index is 12.6. The first-order chi connectivity index (χ1) is 5.25. The molecule has 2 nitrogen and oxygen atoms in total. The van der Waals surface area contributed by atoms with Gasteiger partial charge in [-0.3, -0.25) is 0 Å². The molecule has 2 N–H and O–H groups in total. The van der Waals surface area contributed by atoms with Gasteiger partial charge in [0.15, 0.2) is 0 Å². The van der Waals surface area contributed by atoms with Gasteiger partial charge in [0.2, 0.25) is 0 Å². The number of benzene rings is 1. The van der Waals surface area contributed by atoms with E-state index in [4.69, 9.17) is 5.73 Å². The summed E-state index contributed by atoms with van der Waals surface area (Å²) in [6.07, 6.45) is 0. The molecule has 0 spiro atoms. The van der Waals surface area contributed by atoms with E-state index in [0.717, 1.165) is 16.2 Å². The van der Waals surface area contributed by atoms with Gasteiger partial charge in [-0.2, -0.15) is 0 Å². The number of hydrogen-bond donors (Lipinski definition) is 1. The molecule has 0 unspecified atom stereocenters. The normalized spacial score (nSPS) is 16.8. The van der Waals surface area contributed by atoms with Gasteiger partial charge in [0.1, 0.15) is 0 Å². The molecule has 0 saturated heterocycles. The lowest BCUT2D eigenvalue weighted by atomic mass is 10.1. The Morgan fingerprint density at radius 1 is 1.27 bits per heavy atom. The zero-order chi connectivity index (χ0) is 7.84. The van der Waals surface area contributed by atoms with Crippen molar-refractivity contribution in [3.8, 4) is 0 Å². The number of nitrogens with two attached hydrogens (primary N) is 1. The SMILES string of the molecule is Nc1ccc2c(c1)CN(F)C2. The lowest BCUT2D eigenvalue weighted by molar-refractivity contribution is 0.0211. The van der Waals surface area contributed by atoms with Gasteiger partial charge in [0.05, 0.1) is 13.1 Å². The molecule has 1 aromatic rings. The Balaban J connectivity index is 2.43. The number of nitrogen functional groups attached to an aromatic ring is 1. The molecular weight excluding hydrogens is 143 g/mol. The molecule has 0 amide bonds. The van der Waals surface area contributed by atoms with Gasteiger partial charge in [-0.15, -0.1) is 9.60 Å². The van der Waals surface area contributed by atoms with Crippen molar-refractivity contribution in [3.05, 3.63) is 29.3 Å². The van der Waals surface area contributed by atoms with Crippen LogP contribution in [0.1, 0.15) is 11.1 Å². The van der Waals surface area contributed by atoms with Crippen LogP contribution in [0.4, 0.5) is 10.2 Å². The Kier molecular flexibility index (Phi) is 1.32. The first kappa shape index (κ1) is 6.61. The van der Waals surface area contributed by atoms with Gasteiger partial charge in [-0.1, -0.05) is 6.07 Å². The van der Waals surface area contributed by atoms with Crippen molar-refractivity contribution in [2.75, 3.05) is 5.73 Å². The summed E-state index contributed by atoms with van der Waals surface area (Å²) in [5.41, 5.74) is 8.29. The van der Waals surface area contributed by atoms with Crippen LogP contribution in [-0.2, 0) is 13.1 Å². The van der Waals surface area contributed by atoms with Crippen molar-refractivity contribution in [1.82, 2.24) is 5.12 Å². The molecule has 0 saturated carbocycles. The van der Waals surface area contributed by atoms with Gasteiger partial charge in [0.25, 0.3) is 0 Å². The Morgan fingerprint density at radius 3 is 2.82 bits per heavy atom. The van der Waals surface area contributed by atoms with Crippen LogP contribution in [0.3, 0.4) is 0 Å². The van der Waals surface area contributed by atoms with Gasteiger partial charge >= 0.3 is 0 Å². The van der Waals surface area contributed by atoms with Crippen LogP contribution >= 0.6 is 0 Å². The molecule has 1 heterocycles. The number of anilines is 1. The first-order valence-electron chi connectivity index (χ1n) is 3.54. The molecule has 0 radical (unpaired) electrons. The molecule has 3 heteroatoms. The van der Waals surface area contributed by atoms with Crippen LogP contribution in [-0.4, -0.2) is 5.12 Å². The van der Waals surface area contributed by atoms with E-state index in [0.29, 0.717) is 18.8 Å². The third-order valence-corrected chi connectivity index (χ3v) is 1.91. The van der Waals surface area contributed by atoms with Crippen molar-refractivity contribution in [1.29, 1.82) is 0 Å². The Bertz CT molecular complexity index is 285. The fraction of sp³-hybridized carbons (Fsp3) is 0.250. The number of halogens is 1. The fourth-order valence-electron chi connectivity index (χ4n) is 1.37. The fourth-order valence-corrected chi connectivity index (χ4v) is 1.37. The second kappa shape index (κ2) is 2.20. The molecule has 58 valence electrons. The predicted octanol–water partition coefficient (Wildman–Crippen LogP) is 1.47. The minimum absolute atomic E-state index is 0.375. The minimum Gasteiger partial charge on any atom is -0.399 e. The first-order valence-corrected chi connectivity index (χ1v) is 3.54. The summed E-state index contributed by atoms with van der Waals surface area (Å²) in [7, 11) is 0. The van der Waals surface area contributed by atoms with Crippen molar-refractivity contribution in [2.24, 2.45) is 0 Å². The van der Waals surface area contributed by atoms with Crippen LogP contribution in [0, 0.1) is 0 Å². The molecule has 1 aromatic carbocycles. The highest BCUT2D eigenvalue weighted by Crippen LogP contribution is 2.24. The van der Waals surface area contributed by atoms with E-state index in [1.165, 1.54) is 0 Å². The zero-order valence-corrected chi connectivity index (χ0v) is 6.05. The van der Waals surface area contributed by atoms with Gasteiger partial charge in [0, 0.05) is 5.69 Å². The minimum atomic E-state index is 0.375. The van der Waals surface area contributed by atoms with Gasteiger partial charge < -0.3 is 5.73 Å². The second-order valence-corrected chi connectivity index (χ2v) is 2.81. The monoisotopic (exact) mass is 152 g/mol. The highest BCUT2D eigenvalue weighted by atomic mass is 19.2. The molecule has 0 bridgehead atoms. The summed E-state index contributed by atoms with van der Waals surface area (Å²) in [5.74, 6) is 0. The van der Waals surface area contributed by atoms with Crippen LogP contribution < -0.4 is 5.73 Å². The predicted molar refractivity (Wildman–Crippen MR) is 41.2 cm³/mol. The van der Waals surface area contributed by atoms with E-state index in [9.17, 15) is 4.48 Å². The Labute approximate surface area is 64.4 Å². The summed E-state index contributed by atoms with van der Waals surface area (Å²) in [4.78, 5) is 0. The number of rotatable bonds is 0. The zero-order valence-electron chi connectivity index (χ0n) is 6.05. The largest absolute Gasteiger partial charge is 0.399 e. The molecule has 1 aliphatic heterocycles. The molecule has 0 atom stereocenters. The van der Waals surface area contributed by atoms with Crippen molar-refractivity contribution in [2.45, 2.75) is 13.1 Å². The second-order valence-electron chi connectivity index (χ2n) is 2.81. The standard InChI is InChI=1S/C8H9FN2/c9-11-4-6-1-2-8(10)3-7(6)5-11/h1-3H,4-5,10H2. The van der Waals surface area contributed by atoms with Gasteiger partial charge in [-0.25, -0.2) is 0 Å². The molecule has 0 aromatic heterocycles. The van der Waals surface area contributed by atoms with E-state index in [1.54, 1.807) is 6.07 Å². The molecular formula is C8H9FN2. The summed E-state index contributed by atoms with van der Waals surface area (Å²) < 4.78 is 12.6. The van der Waals surface area contributed by atoms with Gasteiger partial charge in [-0.05, 0) is 23.3 Å².